The quantitative estimate of drug-likeness (QED) is 0.616. The fourth-order valence-corrected chi connectivity index (χ4v) is 0.462. The van der Waals surface area contributed by atoms with Gasteiger partial charge in [-0.2, -0.15) is 0 Å². The Hall–Kier alpha value is -0.710. The van der Waals surface area contributed by atoms with Crippen molar-refractivity contribution < 1.29 is 13.6 Å². The third-order valence-corrected chi connectivity index (χ3v) is 1.26. The maximum atomic E-state index is 11.5. The molecule has 1 atom stereocenters. The van der Waals surface area contributed by atoms with Crippen molar-refractivity contribution in [3.8, 4) is 0 Å². The van der Waals surface area contributed by atoms with Crippen LogP contribution in [0.4, 0.5) is 8.78 Å². The molecule has 0 bridgehead atoms. The molecule has 0 spiro atoms. The highest BCUT2D eigenvalue weighted by Crippen LogP contribution is 1.88. The van der Waals surface area contributed by atoms with E-state index in [0.29, 0.717) is 0 Å². The normalized spacial score (nSPS) is 13.2. The second-order valence-electron chi connectivity index (χ2n) is 2.15. The summed E-state index contributed by atoms with van der Waals surface area (Å²) in [4.78, 5) is 10.8. The molecule has 5 heteroatoms. The lowest BCUT2D eigenvalue weighted by molar-refractivity contribution is -0.123. The van der Waals surface area contributed by atoms with E-state index in [1.165, 1.54) is 0 Å². The largest absolute Gasteiger partial charge is 0.349 e. The molecule has 0 fully saturated rings. The Morgan fingerprint density at radius 2 is 2.09 bits per heavy atom. The highest BCUT2D eigenvalue weighted by molar-refractivity contribution is 5.81. The van der Waals surface area contributed by atoms with Gasteiger partial charge in [-0.3, -0.25) is 4.79 Å². The zero-order valence-electron chi connectivity index (χ0n) is 6.53. The summed E-state index contributed by atoms with van der Waals surface area (Å²) in [5.74, 6) is -0.409. The number of hydrogen-bond acceptors (Lipinski definition) is 2. The van der Waals surface area contributed by atoms with E-state index in [9.17, 15) is 13.6 Å². The third kappa shape index (κ3) is 4.66. The van der Waals surface area contributed by atoms with E-state index in [0.717, 1.165) is 0 Å². The molecule has 66 valence electrons. The lowest BCUT2D eigenvalue weighted by atomic mass is 10.3. The number of likely N-dealkylation sites (N-methyl/N-ethyl adjacent to an activating group) is 1. The van der Waals surface area contributed by atoms with Crippen LogP contribution in [0.25, 0.3) is 0 Å². The molecule has 0 aromatic rings. The molecular formula is C6H12F2N2O. The van der Waals surface area contributed by atoms with E-state index in [-0.39, 0.29) is 0 Å². The lowest BCUT2D eigenvalue weighted by Gasteiger charge is -2.09. The van der Waals surface area contributed by atoms with Crippen molar-refractivity contribution in [1.29, 1.82) is 0 Å². The molecule has 0 rings (SSSR count). The SMILES string of the molecule is CN[C@@H](C)C(=O)NCC(F)F. The highest BCUT2D eigenvalue weighted by Gasteiger charge is 2.11. The predicted octanol–water partition coefficient (Wildman–Crippen LogP) is -0.0244. The van der Waals surface area contributed by atoms with Gasteiger partial charge in [0.05, 0.1) is 12.6 Å². The molecule has 0 aromatic carbocycles. The molecule has 0 unspecified atom stereocenters. The summed E-state index contributed by atoms with van der Waals surface area (Å²) in [6, 6.07) is -0.422. The molecule has 0 heterocycles. The van der Waals surface area contributed by atoms with Gasteiger partial charge in [0, 0.05) is 0 Å². The van der Waals surface area contributed by atoms with Gasteiger partial charge < -0.3 is 10.6 Å². The summed E-state index contributed by atoms with van der Waals surface area (Å²) >= 11 is 0. The Kier molecular flexibility index (Phi) is 4.69. The zero-order valence-corrected chi connectivity index (χ0v) is 6.53. The first-order chi connectivity index (χ1) is 5.07. The van der Waals surface area contributed by atoms with Crippen molar-refractivity contribution in [3.63, 3.8) is 0 Å². The smallest absolute Gasteiger partial charge is 0.255 e. The molecular weight excluding hydrogens is 154 g/mol. The Balaban J connectivity index is 3.52. The van der Waals surface area contributed by atoms with Gasteiger partial charge >= 0.3 is 0 Å². The number of carbonyl (C=O) groups excluding carboxylic acids is 1. The highest BCUT2D eigenvalue weighted by atomic mass is 19.3. The summed E-state index contributed by atoms with van der Waals surface area (Å²) in [5.41, 5.74) is 0. The average molecular weight is 166 g/mol. The standard InChI is InChI=1S/C6H12F2N2O/c1-4(9-2)6(11)10-3-5(7)8/h4-5,9H,3H2,1-2H3,(H,10,11)/t4-/m0/s1. The van der Waals surface area contributed by atoms with E-state index in [2.05, 4.69) is 10.6 Å². The summed E-state index contributed by atoms with van der Waals surface area (Å²) in [6.07, 6.45) is -2.48. The van der Waals surface area contributed by atoms with Gasteiger partial charge in [-0.1, -0.05) is 0 Å². The van der Waals surface area contributed by atoms with Crippen LogP contribution in [0.15, 0.2) is 0 Å². The van der Waals surface area contributed by atoms with Gasteiger partial charge in [0.25, 0.3) is 6.43 Å². The Labute approximate surface area is 64.2 Å². The van der Waals surface area contributed by atoms with Crippen molar-refractivity contribution in [1.82, 2.24) is 10.6 Å². The van der Waals surface area contributed by atoms with Crippen molar-refractivity contribution in [2.45, 2.75) is 19.4 Å². The molecule has 0 aliphatic heterocycles. The van der Waals surface area contributed by atoms with Crippen LogP contribution in [0.2, 0.25) is 0 Å². The third-order valence-electron chi connectivity index (χ3n) is 1.26. The van der Waals surface area contributed by atoms with Crippen LogP contribution in [0.1, 0.15) is 6.92 Å². The number of carbonyl (C=O) groups is 1. The molecule has 0 saturated heterocycles. The van der Waals surface area contributed by atoms with Gasteiger partial charge in [-0.15, -0.1) is 0 Å². The maximum Gasteiger partial charge on any atom is 0.255 e. The van der Waals surface area contributed by atoms with Crippen LogP contribution in [-0.2, 0) is 4.79 Å². The minimum absolute atomic E-state index is 0.409. The number of amides is 1. The molecule has 0 aliphatic carbocycles. The molecule has 0 saturated carbocycles. The minimum atomic E-state index is -2.48. The van der Waals surface area contributed by atoms with Crippen LogP contribution in [0.5, 0.6) is 0 Å². The number of rotatable bonds is 4. The molecule has 0 aromatic heterocycles. The van der Waals surface area contributed by atoms with Crippen molar-refractivity contribution in [2.24, 2.45) is 0 Å². The summed E-state index contributed by atoms with van der Waals surface area (Å²) in [5, 5.41) is 4.71. The van der Waals surface area contributed by atoms with Crippen molar-refractivity contribution in [3.05, 3.63) is 0 Å². The Morgan fingerprint density at radius 3 is 2.45 bits per heavy atom. The second kappa shape index (κ2) is 5.01. The number of nitrogens with one attached hydrogen (secondary N) is 2. The average Bonchev–Trinajstić information content (AvgIpc) is 1.98. The summed E-state index contributed by atoms with van der Waals surface area (Å²) in [7, 11) is 1.59. The first-order valence-corrected chi connectivity index (χ1v) is 3.31. The topological polar surface area (TPSA) is 41.1 Å². The number of alkyl halides is 2. The van der Waals surface area contributed by atoms with E-state index < -0.39 is 24.9 Å². The van der Waals surface area contributed by atoms with E-state index >= 15 is 0 Å². The number of halogens is 2. The van der Waals surface area contributed by atoms with Gasteiger partial charge in [-0.25, -0.2) is 8.78 Å². The van der Waals surface area contributed by atoms with E-state index in [1.807, 2.05) is 0 Å². The zero-order chi connectivity index (χ0) is 8.85. The summed E-state index contributed by atoms with van der Waals surface area (Å²) < 4.78 is 23.1. The fourth-order valence-electron chi connectivity index (χ4n) is 0.462. The van der Waals surface area contributed by atoms with Crippen LogP contribution < -0.4 is 10.6 Å². The van der Waals surface area contributed by atoms with Gasteiger partial charge in [0.2, 0.25) is 5.91 Å². The maximum absolute atomic E-state index is 11.5. The van der Waals surface area contributed by atoms with E-state index in [1.54, 1.807) is 14.0 Å². The van der Waals surface area contributed by atoms with Gasteiger partial charge in [0.15, 0.2) is 0 Å². The molecule has 0 radical (unpaired) electrons. The molecule has 11 heavy (non-hydrogen) atoms. The lowest BCUT2D eigenvalue weighted by Crippen LogP contribution is -2.42. The predicted molar refractivity (Wildman–Crippen MR) is 37.5 cm³/mol. The van der Waals surface area contributed by atoms with Crippen LogP contribution in [0.3, 0.4) is 0 Å². The first kappa shape index (κ1) is 10.3. The van der Waals surface area contributed by atoms with Crippen LogP contribution in [-0.4, -0.2) is 32.0 Å². The summed E-state index contributed by atoms with van der Waals surface area (Å²) in [6.45, 7) is 1.02. The minimum Gasteiger partial charge on any atom is -0.349 e. The second-order valence-corrected chi connectivity index (χ2v) is 2.15. The Morgan fingerprint density at radius 1 is 1.55 bits per heavy atom. The molecule has 0 aliphatic rings. The Bertz CT molecular complexity index is 130. The molecule has 1 amide bonds. The molecule has 2 N–H and O–H groups in total. The first-order valence-electron chi connectivity index (χ1n) is 3.31. The van der Waals surface area contributed by atoms with Crippen LogP contribution in [0, 0.1) is 0 Å². The fraction of sp³-hybridized carbons (Fsp3) is 0.833. The van der Waals surface area contributed by atoms with Gasteiger partial charge in [-0.05, 0) is 14.0 Å². The van der Waals surface area contributed by atoms with Gasteiger partial charge in [0.1, 0.15) is 0 Å². The van der Waals surface area contributed by atoms with Crippen molar-refractivity contribution >= 4 is 5.91 Å². The van der Waals surface area contributed by atoms with Crippen LogP contribution >= 0.6 is 0 Å². The van der Waals surface area contributed by atoms with E-state index in [4.69, 9.17) is 0 Å². The number of hydrogen-bond donors (Lipinski definition) is 2. The molecule has 3 nitrogen and oxygen atoms in total. The monoisotopic (exact) mass is 166 g/mol. The van der Waals surface area contributed by atoms with Crippen molar-refractivity contribution in [2.75, 3.05) is 13.6 Å².